The third-order valence-corrected chi connectivity index (χ3v) is 2.64. The van der Waals surface area contributed by atoms with Crippen LogP contribution in [-0.2, 0) is 17.8 Å². The van der Waals surface area contributed by atoms with Gasteiger partial charge in [-0.3, -0.25) is 4.79 Å². The molecule has 0 aliphatic heterocycles. The van der Waals surface area contributed by atoms with Crippen molar-refractivity contribution in [2.24, 2.45) is 0 Å². The van der Waals surface area contributed by atoms with Gasteiger partial charge in [-0.15, -0.1) is 0 Å². The van der Waals surface area contributed by atoms with Crippen LogP contribution in [-0.4, -0.2) is 10.9 Å². The number of H-pyrrole nitrogens is 1. The van der Waals surface area contributed by atoms with Crippen LogP contribution in [0.2, 0.25) is 0 Å². The van der Waals surface area contributed by atoms with E-state index in [0.717, 1.165) is 11.1 Å². The van der Waals surface area contributed by atoms with Crippen molar-refractivity contribution in [3.8, 4) is 0 Å². The van der Waals surface area contributed by atoms with Crippen LogP contribution in [0.25, 0.3) is 0 Å². The maximum atomic E-state index is 11.7. The molecule has 3 heteroatoms. The number of carbonyl (C=O) groups excluding carboxylic acids is 1. The van der Waals surface area contributed by atoms with E-state index in [1.54, 1.807) is 0 Å². The molecule has 0 unspecified atom stereocenters. The molecule has 1 amide bonds. The second kappa shape index (κ2) is 5.34. The molecule has 0 bridgehead atoms. The number of rotatable bonds is 4. The quantitative estimate of drug-likeness (QED) is 0.827. The third-order valence-electron chi connectivity index (χ3n) is 2.64. The van der Waals surface area contributed by atoms with Crippen molar-refractivity contribution in [2.75, 3.05) is 0 Å². The van der Waals surface area contributed by atoms with Crippen molar-refractivity contribution in [3.63, 3.8) is 0 Å². The molecular formula is C14H16N2O. The zero-order valence-electron chi connectivity index (χ0n) is 9.86. The van der Waals surface area contributed by atoms with Crippen LogP contribution in [0.3, 0.4) is 0 Å². The molecule has 0 atom stereocenters. The van der Waals surface area contributed by atoms with Crippen LogP contribution < -0.4 is 5.32 Å². The van der Waals surface area contributed by atoms with Gasteiger partial charge in [0.05, 0.1) is 6.42 Å². The summed E-state index contributed by atoms with van der Waals surface area (Å²) in [6.45, 7) is 2.62. The SMILES string of the molecule is Cc1ccc(CC(=O)NCc2cc[nH]c2)cc1. The highest BCUT2D eigenvalue weighted by Gasteiger charge is 2.03. The number of amides is 1. The van der Waals surface area contributed by atoms with Crippen LogP contribution in [0.15, 0.2) is 42.7 Å². The number of aryl methyl sites for hydroxylation is 1. The molecule has 0 saturated carbocycles. The van der Waals surface area contributed by atoms with Crippen LogP contribution in [0.1, 0.15) is 16.7 Å². The highest BCUT2D eigenvalue weighted by atomic mass is 16.1. The number of nitrogens with one attached hydrogen (secondary N) is 2. The molecule has 0 radical (unpaired) electrons. The number of hydrogen-bond donors (Lipinski definition) is 2. The van der Waals surface area contributed by atoms with Crippen molar-refractivity contribution in [3.05, 3.63) is 59.4 Å². The van der Waals surface area contributed by atoms with Gasteiger partial charge >= 0.3 is 0 Å². The van der Waals surface area contributed by atoms with Gasteiger partial charge in [-0.2, -0.15) is 0 Å². The Bertz CT molecular complexity index is 471. The first-order valence-electron chi connectivity index (χ1n) is 5.68. The van der Waals surface area contributed by atoms with Gasteiger partial charge in [-0.25, -0.2) is 0 Å². The highest BCUT2D eigenvalue weighted by molar-refractivity contribution is 5.78. The first kappa shape index (κ1) is 11.5. The van der Waals surface area contributed by atoms with Crippen LogP contribution >= 0.6 is 0 Å². The van der Waals surface area contributed by atoms with E-state index in [-0.39, 0.29) is 5.91 Å². The van der Waals surface area contributed by atoms with Crippen molar-refractivity contribution in [1.82, 2.24) is 10.3 Å². The van der Waals surface area contributed by atoms with Gasteiger partial charge in [0.2, 0.25) is 5.91 Å². The average molecular weight is 228 g/mol. The summed E-state index contributed by atoms with van der Waals surface area (Å²) in [6, 6.07) is 9.98. The fraction of sp³-hybridized carbons (Fsp3) is 0.214. The molecular weight excluding hydrogens is 212 g/mol. The summed E-state index contributed by atoms with van der Waals surface area (Å²) in [5, 5.41) is 2.89. The van der Waals surface area contributed by atoms with Crippen molar-refractivity contribution in [2.45, 2.75) is 19.9 Å². The fourth-order valence-electron chi connectivity index (χ4n) is 1.62. The second-order valence-corrected chi connectivity index (χ2v) is 4.16. The Balaban J connectivity index is 1.83. The van der Waals surface area contributed by atoms with Crippen molar-refractivity contribution in [1.29, 1.82) is 0 Å². The summed E-state index contributed by atoms with van der Waals surface area (Å²) < 4.78 is 0. The largest absolute Gasteiger partial charge is 0.367 e. The molecule has 1 aromatic carbocycles. The Morgan fingerprint density at radius 2 is 1.94 bits per heavy atom. The summed E-state index contributed by atoms with van der Waals surface area (Å²) >= 11 is 0. The molecule has 1 heterocycles. The molecule has 0 fully saturated rings. The summed E-state index contributed by atoms with van der Waals surface area (Å²) in [5.41, 5.74) is 3.34. The van der Waals surface area contributed by atoms with Gasteiger partial charge in [0.1, 0.15) is 0 Å². The molecule has 17 heavy (non-hydrogen) atoms. The predicted octanol–water partition coefficient (Wildman–Crippen LogP) is 2.18. The number of aromatic amines is 1. The van der Waals surface area contributed by atoms with Crippen molar-refractivity contribution < 1.29 is 4.79 Å². The van der Waals surface area contributed by atoms with E-state index in [0.29, 0.717) is 13.0 Å². The van der Waals surface area contributed by atoms with Gasteiger partial charge in [-0.05, 0) is 24.1 Å². The Hall–Kier alpha value is -2.03. The van der Waals surface area contributed by atoms with Gasteiger partial charge in [-0.1, -0.05) is 29.8 Å². The number of aromatic nitrogens is 1. The first-order chi connectivity index (χ1) is 8.24. The summed E-state index contributed by atoms with van der Waals surface area (Å²) in [7, 11) is 0. The van der Waals surface area contributed by atoms with E-state index in [1.807, 2.05) is 49.6 Å². The first-order valence-corrected chi connectivity index (χ1v) is 5.68. The molecule has 0 saturated heterocycles. The lowest BCUT2D eigenvalue weighted by molar-refractivity contribution is -0.120. The van der Waals surface area contributed by atoms with E-state index < -0.39 is 0 Å². The molecule has 0 aliphatic carbocycles. The lowest BCUT2D eigenvalue weighted by Gasteiger charge is -2.04. The van der Waals surface area contributed by atoms with Crippen LogP contribution in [0.5, 0.6) is 0 Å². The van der Waals surface area contributed by atoms with Crippen LogP contribution in [0.4, 0.5) is 0 Å². The Morgan fingerprint density at radius 3 is 2.59 bits per heavy atom. The molecule has 2 N–H and O–H groups in total. The summed E-state index contributed by atoms with van der Waals surface area (Å²) in [6.07, 6.45) is 4.17. The zero-order chi connectivity index (χ0) is 12.1. The number of hydrogen-bond acceptors (Lipinski definition) is 1. The van der Waals surface area contributed by atoms with E-state index in [9.17, 15) is 4.79 Å². The normalized spacial score (nSPS) is 10.2. The third kappa shape index (κ3) is 3.48. The molecule has 0 aliphatic rings. The Labute approximate surface area is 101 Å². The predicted molar refractivity (Wildman–Crippen MR) is 67.5 cm³/mol. The monoisotopic (exact) mass is 228 g/mol. The second-order valence-electron chi connectivity index (χ2n) is 4.16. The minimum atomic E-state index is 0.0510. The molecule has 2 rings (SSSR count). The van der Waals surface area contributed by atoms with Gasteiger partial charge in [0.25, 0.3) is 0 Å². The molecule has 2 aromatic rings. The molecule has 1 aromatic heterocycles. The highest BCUT2D eigenvalue weighted by Crippen LogP contribution is 2.04. The minimum Gasteiger partial charge on any atom is -0.367 e. The summed E-state index contributed by atoms with van der Waals surface area (Å²) in [5.74, 6) is 0.0510. The molecule has 0 spiro atoms. The topological polar surface area (TPSA) is 44.9 Å². The number of carbonyl (C=O) groups is 1. The van der Waals surface area contributed by atoms with Gasteiger partial charge in [0.15, 0.2) is 0 Å². The molecule has 3 nitrogen and oxygen atoms in total. The van der Waals surface area contributed by atoms with E-state index in [1.165, 1.54) is 5.56 Å². The lowest BCUT2D eigenvalue weighted by atomic mass is 10.1. The minimum absolute atomic E-state index is 0.0510. The maximum absolute atomic E-state index is 11.7. The zero-order valence-corrected chi connectivity index (χ0v) is 9.86. The lowest BCUT2D eigenvalue weighted by Crippen LogP contribution is -2.24. The number of benzene rings is 1. The Kier molecular flexibility index (Phi) is 3.60. The van der Waals surface area contributed by atoms with Gasteiger partial charge < -0.3 is 10.3 Å². The summed E-state index contributed by atoms with van der Waals surface area (Å²) in [4.78, 5) is 14.6. The van der Waals surface area contributed by atoms with E-state index >= 15 is 0 Å². The molecule has 88 valence electrons. The standard InChI is InChI=1S/C14H16N2O/c1-11-2-4-12(5-3-11)8-14(17)16-10-13-6-7-15-9-13/h2-7,9,15H,8,10H2,1H3,(H,16,17). The van der Waals surface area contributed by atoms with E-state index in [2.05, 4.69) is 10.3 Å². The Morgan fingerprint density at radius 1 is 1.18 bits per heavy atom. The smallest absolute Gasteiger partial charge is 0.224 e. The van der Waals surface area contributed by atoms with E-state index in [4.69, 9.17) is 0 Å². The van der Waals surface area contributed by atoms with Crippen molar-refractivity contribution >= 4 is 5.91 Å². The fourth-order valence-corrected chi connectivity index (χ4v) is 1.62. The average Bonchev–Trinajstić information content (AvgIpc) is 2.83. The van der Waals surface area contributed by atoms with Crippen LogP contribution in [0, 0.1) is 6.92 Å². The maximum Gasteiger partial charge on any atom is 0.224 e. The van der Waals surface area contributed by atoms with Gasteiger partial charge in [0, 0.05) is 18.9 Å².